The summed E-state index contributed by atoms with van der Waals surface area (Å²) in [5.41, 5.74) is 2.00. The number of furan rings is 1. The van der Waals surface area contributed by atoms with Gasteiger partial charge in [-0.1, -0.05) is 17.7 Å². The van der Waals surface area contributed by atoms with Gasteiger partial charge in [0.25, 0.3) is 0 Å². The Morgan fingerprint density at radius 2 is 2.12 bits per heavy atom. The van der Waals surface area contributed by atoms with Crippen molar-refractivity contribution in [2.45, 2.75) is 20.0 Å². The molecule has 0 fully saturated rings. The lowest BCUT2D eigenvalue weighted by molar-refractivity contribution is -0.121. The summed E-state index contributed by atoms with van der Waals surface area (Å²) in [6, 6.07) is 15.6. The van der Waals surface area contributed by atoms with Crippen molar-refractivity contribution in [3.8, 4) is 10.6 Å². The molecule has 4 rings (SSSR count). The van der Waals surface area contributed by atoms with Crippen molar-refractivity contribution < 1.29 is 9.21 Å². The minimum atomic E-state index is -0.0655. The first-order chi connectivity index (χ1) is 12.6. The molecule has 132 valence electrons. The Balaban J connectivity index is 1.62. The number of carbonyl (C=O) groups is 1. The van der Waals surface area contributed by atoms with Crippen LogP contribution in [-0.4, -0.2) is 10.5 Å². The minimum Gasteiger partial charge on any atom is -0.465 e. The van der Waals surface area contributed by atoms with Gasteiger partial charge in [-0.3, -0.25) is 4.79 Å². The third-order valence-electron chi connectivity index (χ3n) is 4.19. The first kappa shape index (κ1) is 16.9. The minimum absolute atomic E-state index is 0.0655. The maximum absolute atomic E-state index is 12.5. The van der Waals surface area contributed by atoms with E-state index >= 15 is 0 Å². The van der Waals surface area contributed by atoms with E-state index in [9.17, 15) is 4.79 Å². The molecule has 0 aliphatic carbocycles. The average Bonchev–Trinajstić information content (AvgIpc) is 3.33. The van der Waals surface area contributed by atoms with Crippen molar-refractivity contribution in [1.82, 2.24) is 9.88 Å². The van der Waals surface area contributed by atoms with Gasteiger partial charge in [0.05, 0.1) is 17.1 Å². The average molecular weight is 385 g/mol. The lowest BCUT2D eigenvalue weighted by Crippen LogP contribution is -2.27. The monoisotopic (exact) mass is 384 g/mol. The van der Waals surface area contributed by atoms with Crippen LogP contribution >= 0.6 is 22.9 Å². The van der Waals surface area contributed by atoms with E-state index in [1.165, 1.54) is 0 Å². The van der Waals surface area contributed by atoms with Crippen LogP contribution in [0, 0.1) is 6.92 Å². The number of hydrogen-bond acceptors (Lipinski definition) is 3. The van der Waals surface area contributed by atoms with Gasteiger partial charge < -0.3 is 14.3 Å². The number of hydrogen-bond donors (Lipinski definition) is 1. The second-order valence-electron chi connectivity index (χ2n) is 6.09. The van der Waals surface area contributed by atoms with E-state index in [0.717, 1.165) is 33.0 Å². The summed E-state index contributed by atoms with van der Waals surface area (Å²) >= 11 is 7.78. The zero-order chi connectivity index (χ0) is 18.1. The van der Waals surface area contributed by atoms with E-state index < -0.39 is 0 Å². The number of benzene rings is 1. The molecule has 1 aromatic carbocycles. The Bertz CT molecular complexity index is 1060. The van der Waals surface area contributed by atoms with Crippen LogP contribution in [0.25, 0.3) is 21.5 Å². The molecule has 26 heavy (non-hydrogen) atoms. The second-order valence-corrected chi connectivity index (χ2v) is 7.47. The molecule has 0 radical (unpaired) electrons. The number of aromatic nitrogens is 1. The van der Waals surface area contributed by atoms with E-state index in [1.54, 1.807) is 11.3 Å². The highest BCUT2D eigenvalue weighted by atomic mass is 35.5. The predicted octanol–water partition coefficient (Wildman–Crippen LogP) is 5.24. The number of aryl methyl sites for hydroxylation is 1. The lowest BCUT2D eigenvalue weighted by atomic mass is 10.2. The number of halogens is 1. The number of amides is 1. The highest BCUT2D eigenvalue weighted by Gasteiger charge is 2.15. The topological polar surface area (TPSA) is 47.2 Å². The summed E-state index contributed by atoms with van der Waals surface area (Å²) < 4.78 is 7.53. The molecule has 0 aliphatic rings. The fraction of sp³-hybridized carbons (Fsp3) is 0.150. The van der Waals surface area contributed by atoms with Crippen LogP contribution < -0.4 is 5.32 Å². The summed E-state index contributed by atoms with van der Waals surface area (Å²) in [7, 11) is 0. The van der Waals surface area contributed by atoms with Gasteiger partial charge in [0.15, 0.2) is 0 Å². The largest absolute Gasteiger partial charge is 0.465 e. The van der Waals surface area contributed by atoms with Crippen LogP contribution in [0.4, 0.5) is 0 Å². The number of nitrogens with zero attached hydrogens (tertiary/aromatic N) is 1. The van der Waals surface area contributed by atoms with Gasteiger partial charge in [0.2, 0.25) is 5.91 Å². The van der Waals surface area contributed by atoms with E-state index in [4.69, 9.17) is 16.0 Å². The first-order valence-corrected chi connectivity index (χ1v) is 9.50. The summed E-state index contributed by atoms with van der Waals surface area (Å²) in [6.07, 6.45) is 0. The molecule has 0 aliphatic heterocycles. The molecular weight excluding hydrogens is 368 g/mol. The number of nitrogens with one attached hydrogen (secondary N) is 1. The predicted molar refractivity (Wildman–Crippen MR) is 106 cm³/mol. The van der Waals surface area contributed by atoms with Crippen molar-refractivity contribution in [1.29, 1.82) is 0 Å². The lowest BCUT2D eigenvalue weighted by Gasteiger charge is -2.10. The Morgan fingerprint density at radius 1 is 1.23 bits per heavy atom. The van der Waals surface area contributed by atoms with Gasteiger partial charge in [0, 0.05) is 15.9 Å². The standard InChI is InChI=1S/C20H17ClN2O2S/c1-13-4-6-16(25-13)11-22-20(24)12-23-17-7-5-15(21)9-14(17)10-18(23)19-3-2-8-26-19/h2-10H,11-12H2,1H3,(H,22,24). The van der Waals surface area contributed by atoms with Gasteiger partial charge in [-0.25, -0.2) is 0 Å². The molecule has 3 aromatic heterocycles. The molecule has 0 unspecified atom stereocenters. The zero-order valence-electron chi connectivity index (χ0n) is 14.2. The van der Waals surface area contributed by atoms with Crippen LogP contribution in [-0.2, 0) is 17.9 Å². The molecule has 0 bridgehead atoms. The van der Waals surface area contributed by atoms with Gasteiger partial charge in [0.1, 0.15) is 18.1 Å². The van der Waals surface area contributed by atoms with Gasteiger partial charge >= 0.3 is 0 Å². The molecular formula is C20H17ClN2O2S. The Labute approximate surface area is 160 Å². The molecule has 6 heteroatoms. The van der Waals surface area contributed by atoms with E-state index in [-0.39, 0.29) is 12.5 Å². The van der Waals surface area contributed by atoms with Gasteiger partial charge in [-0.05, 0) is 54.8 Å². The van der Waals surface area contributed by atoms with Crippen LogP contribution in [0.1, 0.15) is 11.5 Å². The fourth-order valence-electron chi connectivity index (χ4n) is 3.01. The normalized spacial score (nSPS) is 11.2. The zero-order valence-corrected chi connectivity index (χ0v) is 15.7. The summed E-state index contributed by atoms with van der Waals surface area (Å²) in [5, 5.41) is 6.66. The van der Waals surface area contributed by atoms with Gasteiger partial charge in [-0.15, -0.1) is 11.3 Å². The molecule has 4 aromatic rings. The molecule has 0 spiro atoms. The van der Waals surface area contributed by atoms with Crippen molar-refractivity contribution in [2.75, 3.05) is 0 Å². The van der Waals surface area contributed by atoms with Crippen molar-refractivity contribution >= 4 is 39.7 Å². The molecule has 0 atom stereocenters. The van der Waals surface area contributed by atoms with Crippen molar-refractivity contribution in [3.63, 3.8) is 0 Å². The van der Waals surface area contributed by atoms with E-state index in [2.05, 4.69) is 17.4 Å². The van der Waals surface area contributed by atoms with Crippen LogP contribution in [0.5, 0.6) is 0 Å². The van der Waals surface area contributed by atoms with Crippen LogP contribution in [0.2, 0.25) is 5.02 Å². The van der Waals surface area contributed by atoms with Gasteiger partial charge in [-0.2, -0.15) is 0 Å². The molecule has 1 N–H and O–H groups in total. The molecule has 4 nitrogen and oxygen atoms in total. The number of fused-ring (bicyclic) bond motifs is 1. The van der Waals surface area contributed by atoms with E-state index in [0.29, 0.717) is 11.6 Å². The summed E-state index contributed by atoms with van der Waals surface area (Å²) in [4.78, 5) is 13.6. The SMILES string of the molecule is Cc1ccc(CNC(=O)Cn2c(-c3cccs3)cc3cc(Cl)ccc32)o1. The molecule has 0 saturated carbocycles. The molecule has 3 heterocycles. The Hall–Kier alpha value is -2.50. The van der Waals surface area contributed by atoms with Crippen LogP contribution in [0.3, 0.4) is 0 Å². The Morgan fingerprint density at radius 3 is 2.85 bits per heavy atom. The maximum Gasteiger partial charge on any atom is 0.240 e. The first-order valence-electron chi connectivity index (χ1n) is 8.25. The number of carbonyl (C=O) groups excluding carboxylic acids is 1. The van der Waals surface area contributed by atoms with Crippen molar-refractivity contribution in [2.24, 2.45) is 0 Å². The highest BCUT2D eigenvalue weighted by molar-refractivity contribution is 7.13. The summed E-state index contributed by atoms with van der Waals surface area (Å²) in [6.45, 7) is 2.50. The van der Waals surface area contributed by atoms with Crippen LogP contribution in [0.15, 0.2) is 58.3 Å². The quantitative estimate of drug-likeness (QED) is 0.511. The number of rotatable bonds is 5. The third kappa shape index (κ3) is 3.41. The molecule has 1 amide bonds. The molecule has 0 saturated heterocycles. The fourth-order valence-corrected chi connectivity index (χ4v) is 3.94. The number of thiophene rings is 1. The smallest absolute Gasteiger partial charge is 0.240 e. The van der Waals surface area contributed by atoms with E-state index in [1.807, 2.05) is 53.3 Å². The second kappa shape index (κ2) is 7.02. The van der Waals surface area contributed by atoms with Crippen molar-refractivity contribution in [3.05, 3.63) is 70.5 Å². The highest BCUT2D eigenvalue weighted by Crippen LogP contribution is 2.32. The Kier molecular flexibility index (Phi) is 4.57. The summed E-state index contributed by atoms with van der Waals surface area (Å²) in [5.74, 6) is 1.52. The maximum atomic E-state index is 12.5. The third-order valence-corrected chi connectivity index (χ3v) is 5.32.